The molecule has 0 aliphatic carbocycles. The summed E-state index contributed by atoms with van der Waals surface area (Å²) in [5, 5.41) is 0. The van der Waals surface area contributed by atoms with Crippen LogP contribution in [0.5, 0.6) is 5.75 Å². The van der Waals surface area contributed by atoms with Crippen molar-refractivity contribution in [3.05, 3.63) is 29.1 Å². The minimum absolute atomic E-state index is 0.192. The smallest absolute Gasteiger partial charge is 0.419 e. The number of methoxy groups -OCH3 is 1. The lowest BCUT2D eigenvalue weighted by Gasteiger charge is -2.13. The topological polar surface area (TPSA) is 35.2 Å². The molecule has 0 atom stereocenters. The first kappa shape index (κ1) is 11.8. The van der Waals surface area contributed by atoms with Crippen molar-refractivity contribution in [2.45, 2.75) is 12.7 Å². The van der Waals surface area contributed by atoms with E-state index in [1.165, 1.54) is 0 Å². The molecule has 84 valence electrons. The minimum atomic E-state index is -4.58. The van der Waals surface area contributed by atoms with Crippen LogP contribution in [0.1, 0.15) is 11.1 Å². The predicted octanol–water partition coefficient (Wildman–Crippen LogP) is 2.31. The van der Waals surface area contributed by atoms with Crippen LogP contribution in [0.3, 0.4) is 0 Å². The molecule has 0 saturated carbocycles. The number of halogens is 4. The maximum absolute atomic E-state index is 13.1. The van der Waals surface area contributed by atoms with E-state index in [4.69, 9.17) is 5.73 Å². The lowest BCUT2D eigenvalue weighted by Crippen LogP contribution is -2.10. The molecule has 0 aliphatic heterocycles. The zero-order valence-corrected chi connectivity index (χ0v) is 7.86. The first-order valence-electron chi connectivity index (χ1n) is 4.03. The third-order valence-corrected chi connectivity index (χ3v) is 1.89. The highest BCUT2D eigenvalue weighted by atomic mass is 19.4. The summed E-state index contributed by atoms with van der Waals surface area (Å²) in [6.07, 6.45) is -4.58. The Kier molecular flexibility index (Phi) is 3.18. The van der Waals surface area contributed by atoms with Crippen LogP contribution in [0.2, 0.25) is 0 Å². The van der Waals surface area contributed by atoms with Gasteiger partial charge in [-0.3, -0.25) is 0 Å². The molecule has 0 bridgehead atoms. The molecule has 6 heteroatoms. The fourth-order valence-electron chi connectivity index (χ4n) is 1.15. The Morgan fingerprint density at radius 3 is 2.33 bits per heavy atom. The van der Waals surface area contributed by atoms with E-state index in [0.29, 0.717) is 12.1 Å². The van der Waals surface area contributed by atoms with Crippen molar-refractivity contribution >= 4 is 0 Å². The molecular formula is C9H9F4NO. The first-order chi connectivity index (χ1) is 6.90. The fraction of sp³-hybridized carbons (Fsp3) is 0.333. The molecule has 0 spiro atoms. The van der Waals surface area contributed by atoms with Gasteiger partial charge >= 0.3 is 6.18 Å². The summed E-state index contributed by atoms with van der Waals surface area (Å²) in [5.74, 6) is -1.35. The second kappa shape index (κ2) is 4.06. The quantitative estimate of drug-likeness (QED) is 0.781. The number of benzene rings is 1. The van der Waals surface area contributed by atoms with Crippen molar-refractivity contribution in [1.29, 1.82) is 0 Å². The van der Waals surface area contributed by atoms with E-state index in [-0.39, 0.29) is 12.1 Å². The van der Waals surface area contributed by atoms with Crippen LogP contribution in [-0.2, 0) is 12.7 Å². The Morgan fingerprint density at radius 2 is 1.93 bits per heavy atom. The first-order valence-corrected chi connectivity index (χ1v) is 4.03. The van der Waals surface area contributed by atoms with Gasteiger partial charge in [0.2, 0.25) is 0 Å². The molecule has 2 N–H and O–H groups in total. The number of hydrogen-bond donors (Lipinski definition) is 1. The number of nitrogens with two attached hydrogens (primary N) is 1. The molecule has 15 heavy (non-hydrogen) atoms. The standard InChI is InChI=1S/C9H9F4NO/c1-15-8-3-7(10)5(4-14)2-6(8)9(11,12)13/h2-3H,4,14H2,1H3. The van der Waals surface area contributed by atoms with E-state index in [1.807, 2.05) is 0 Å². The van der Waals surface area contributed by atoms with Crippen molar-refractivity contribution in [1.82, 2.24) is 0 Å². The van der Waals surface area contributed by atoms with Gasteiger partial charge < -0.3 is 10.5 Å². The molecule has 1 aromatic carbocycles. The maximum atomic E-state index is 13.1. The summed E-state index contributed by atoms with van der Waals surface area (Å²) in [4.78, 5) is 0. The van der Waals surface area contributed by atoms with Gasteiger partial charge in [0.15, 0.2) is 0 Å². The Morgan fingerprint density at radius 1 is 1.33 bits per heavy atom. The van der Waals surface area contributed by atoms with Crippen LogP contribution in [0.4, 0.5) is 17.6 Å². The summed E-state index contributed by atoms with van der Waals surface area (Å²) in [7, 11) is 1.05. The molecule has 0 unspecified atom stereocenters. The van der Waals surface area contributed by atoms with Crippen LogP contribution in [0.15, 0.2) is 12.1 Å². The van der Waals surface area contributed by atoms with Crippen molar-refractivity contribution in [3.8, 4) is 5.75 Å². The van der Waals surface area contributed by atoms with Crippen molar-refractivity contribution in [3.63, 3.8) is 0 Å². The molecule has 0 aliphatic rings. The van der Waals surface area contributed by atoms with Gasteiger partial charge in [0.05, 0.1) is 12.7 Å². The SMILES string of the molecule is COc1cc(F)c(CN)cc1C(F)(F)F. The van der Waals surface area contributed by atoms with E-state index in [0.717, 1.165) is 7.11 Å². The number of ether oxygens (including phenoxy) is 1. The zero-order chi connectivity index (χ0) is 11.6. The number of rotatable bonds is 2. The lowest BCUT2D eigenvalue weighted by molar-refractivity contribution is -0.138. The zero-order valence-electron chi connectivity index (χ0n) is 7.86. The van der Waals surface area contributed by atoms with E-state index >= 15 is 0 Å². The average Bonchev–Trinajstić information content (AvgIpc) is 2.15. The molecule has 1 rings (SSSR count). The molecule has 0 amide bonds. The van der Waals surface area contributed by atoms with Crippen LogP contribution in [-0.4, -0.2) is 7.11 Å². The summed E-state index contributed by atoms with van der Waals surface area (Å²) in [6, 6.07) is 1.35. The van der Waals surface area contributed by atoms with Crippen LogP contribution >= 0.6 is 0 Å². The predicted molar refractivity (Wildman–Crippen MR) is 45.8 cm³/mol. The third kappa shape index (κ3) is 2.38. The van der Waals surface area contributed by atoms with Gasteiger partial charge in [-0.2, -0.15) is 13.2 Å². The second-order valence-electron chi connectivity index (χ2n) is 2.85. The van der Waals surface area contributed by atoms with Gasteiger partial charge in [-0.25, -0.2) is 4.39 Å². The lowest BCUT2D eigenvalue weighted by atomic mass is 10.1. The molecule has 0 aromatic heterocycles. The third-order valence-electron chi connectivity index (χ3n) is 1.89. The van der Waals surface area contributed by atoms with E-state index in [2.05, 4.69) is 4.74 Å². The molecule has 0 heterocycles. The minimum Gasteiger partial charge on any atom is -0.496 e. The Balaban J connectivity index is 3.36. The number of hydrogen-bond acceptors (Lipinski definition) is 2. The van der Waals surface area contributed by atoms with Gasteiger partial charge in [0.1, 0.15) is 11.6 Å². The van der Waals surface area contributed by atoms with Crippen molar-refractivity contribution < 1.29 is 22.3 Å². The molecular weight excluding hydrogens is 214 g/mol. The molecule has 2 nitrogen and oxygen atoms in total. The molecule has 1 aromatic rings. The second-order valence-corrected chi connectivity index (χ2v) is 2.85. The highest BCUT2D eigenvalue weighted by Crippen LogP contribution is 2.37. The Hall–Kier alpha value is -1.30. The van der Waals surface area contributed by atoms with E-state index < -0.39 is 23.3 Å². The van der Waals surface area contributed by atoms with Crippen LogP contribution < -0.4 is 10.5 Å². The van der Waals surface area contributed by atoms with Gasteiger partial charge in [-0.1, -0.05) is 0 Å². The van der Waals surface area contributed by atoms with Gasteiger partial charge in [0.25, 0.3) is 0 Å². The fourth-order valence-corrected chi connectivity index (χ4v) is 1.15. The van der Waals surface area contributed by atoms with Crippen LogP contribution in [0.25, 0.3) is 0 Å². The van der Waals surface area contributed by atoms with Gasteiger partial charge in [0, 0.05) is 18.2 Å². The summed E-state index contributed by atoms with van der Waals surface area (Å²) >= 11 is 0. The average molecular weight is 223 g/mol. The summed E-state index contributed by atoms with van der Waals surface area (Å²) in [6.45, 7) is -0.293. The Bertz CT molecular complexity index is 362. The maximum Gasteiger partial charge on any atom is 0.419 e. The summed E-state index contributed by atoms with van der Waals surface area (Å²) in [5.41, 5.74) is 3.89. The van der Waals surface area contributed by atoms with Gasteiger partial charge in [-0.15, -0.1) is 0 Å². The summed E-state index contributed by atoms with van der Waals surface area (Å²) < 4.78 is 54.9. The Labute approximate surface area is 83.6 Å². The largest absolute Gasteiger partial charge is 0.496 e. The monoisotopic (exact) mass is 223 g/mol. The molecule has 0 saturated heterocycles. The normalized spacial score (nSPS) is 11.6. The molecule has 0 radical (unpaired) electrons. The van der Waals surface area contributed by atoms with Crippen molar-refractivity contribution in [2.24, 2.45) is 5.73 Å². The van der Waals surface area contributed by atoms with Gasteiger partial charge in [-0.05, 0) is 6.07 Å². The highest BCUT2D eigenvalue weighted by molar-refractivity contribution is 5.40. The van der Waals surface area contributed by atoms with E-state index in [9.17, 15) is 17.6 Å². The molecule has 0 fully saturated rings. The van der Waals surface area contributed by atoms with E-state index in [1.54, 1.807) is 0 Å². The highest BCUT2D eigenvalue weighted by Gasteiger charge is 2.35. The van der Waals surface area contributed by atoms with Crippen molar-refractivity contribution in [2.75, 3.05) is 7.11 Å². The van der Waals surface area contributed by atoms with Crippen LogP contribution in [0, 0.1) is 5.82 Å². The number of alkyl halides is 3.